The van der Waals surface area contributed by atoms with Crippen LogP contribution in [0, 0.1) is 34.3 Å². The Hall–Kier alpha value is -3.71. The SMILES string of the molecule is N#Cc1cc(F)c(NC(=O)[C@@H]2CC(c3ccc(C#N)c(C(F)(F)F)c3)[C@H](C(F)(F)F)N2)cc1F. The number of nitrogens with one attached hydrogen (secondary N) is 2. The summed E-state index contributed by atoms with van der Waals surface area (Å²) in [5.41, 5.74) is -4.00. The number of alkyl halides is 6. The molecule has 0 radical (unpaired) electrons. The quantitative estimate of drug-likeness (QED) is 0.611. The molecule has 1 fully saturated rings. The third-order valence-corrected chi connectivity index (χ3v) is 5.27. The first-order valence-corrected chi connectivity index (χ1v) is 9.40. The van der Waals surface area contributed by atoms with Crippen LogP contribution in [-0.2, 0) is 11.0 Å². The summed E-state index contributed by atoms with van der Waals surface area (Å²) in [6, 6.07) is 1.73. The lowest BCUT2D eigenvalue weighted by Crippen LogP contribution is -2.46. The zero-order valence-electron chi connectivity index (χ0n) is 16.7. The summed E-state index contributed by atoms with van der Waals surface area (Å²) in [5, 5.41) is 21.5. The molecule has 2 aromatic rings. The third-order valence-electron chi connectivity index (χ3n) is 5.27. The van der Waals surface area contributed by atoms with Gasteiger partial charge in [0.2, 0.25) is 5.91 Å². The average Bonchev–Trinajstić information content (AvgIpc) is 3.21. The zero-order valence-corrected chi connectivity index (χ0v) is 16.7. The second-order valence-electron chi connectivity index (χ2n) is 7.41. The predicted molar refractivity (Wildman–Crippen MR) is 100.0 cm³/mol. The van der Waals surface area contributed by atoms with E-state index in [0.717, 1.165) is 12.1 Å². The Morgan fingerprint density at radius 3 is 2.18 bits per heavy atom. The van der Waals surface area contributed by atoms with Gasteiger partial charge in [-0.05, 0) is 30.2 Å². The first-order valence-electron chi connectivity index (χ1n) is 9.40. The van der Waals surface area contributed by atoms with Crippen LogP contribution in [-0.4, -0.2) is 24.2 Å². The molecule has 1 aliphatic rings. The number of nitriles is 2. The van der Waals surface area contributed by atoms with Gasteiger partial charge in [-0.15, -0.1) is 0 Å². The predicted octanol–water partition coefficient (Wildman–Crippen LogP) is 4.74. The molecule has 0 aliphatic carbocycles. The number of nitrogens with zero attached hydrogens (tertiary/aromatic N) is 2. The molecule has 0 bridgehead atoms. The minimum atomic E-state index is -5.01. The van der Waals surface area contributed by atoms with Crippen molar-refractivity contribution >= 4 is 11.6 Å². The molecule has 1 unspecified atom stereocenters. The van der Waals surface area contributed by atoms with Gasteiger partial charge in [0, 0.05) is 12.0 Å². The summed E-state index contributed by atoms with van der Waals surface area (Å²) in [6.45, 7) is 0. The highest BCUT2D eigenvalue weighted by molar-refractivity contribution is 5.95. The fraction of sp³-hybridized carbons (Fsp3) is 0.286. The summed E-state index contributed by atoms with van der Waals surface area (Å²) in [5.74, 6) is -5.23. The number of benzene rings is 2. The number of hydrogen-bond donors (Lipinski definition) is 2. The summed E-state index contributed by atoms with van der Waals surface area (Å²) >= 11 is 0. The molecule has 34 heavy (non-hydrogen) atoms. The van der Waals surface area contributed by atoms with Crippen LogP contribution < -0.4 is 10.6 Å². The van der Waals surface area contributed by atoms with Crippen LogP contribution in [0.5, 0.6) is 0 Å². The lowest BCUT2D eigenvalue weighted by Gasteiger charge is -2.23. The topological polar surface area (TPSA) is 88.7 Å². The number of carbonyl (C=O) groups is 1. The second-order valence-corrected chi connectivity index (χ2v) is 7.41. The van der Waals surface area contributed by atoms with Gasteiger partial charge in [0.15, 0.2) is 0 Å². The Labute approximate surface area is 186 Å². The van der Waals surface area contributed by atoms with E-state index in [9.17, 15) is 39.9 Å². The van der Waals surface area contributed by atoms with E-state index in [0.29, 0.717) is 18.2 Å². The number of anilines is 1. The fourth-order valence-electron chi connectivity index (χ4n) is 3.70. The molecule has 0 aromatic heterocycles. The number of amides is 1. The summed E-state index contributed by atoms with van der Waals surface area (Å²) in [4.78, 5) is 12.5. The Balaban J connectivity index is 1.92. The molecular formula is C21H12F8N4O. The maximum absolute atomic E-state index is 14.0. The summed E-state index contributed by atoms with van der Waals surface area (Å²) < 4.78 is 108. The van der Waals surface area contributed by atoms with Gasteiger partial charge in [-0.1, -0.05) is 6.07 Å². The van der Waals surface area contributed by atoms with Gasteiger partial charge in [-0.25, -0.2) is 8.78 Å². The van der Waals surface area contributed by atoms with Crippen molar-refractivity contribution in [3.8, 4) is 12.1 Å². The first kappa shape index (κ1) is 24.9. The van der Waals surface area contributed by atoms with Crippen molar-refractivity contribution in [2.45, 2.75) is 36.8 Å². The van der Waals surface area contributed by atoms with Crippen LogP contribution in [0.1, 0.15) is 34.6 Å². The maximum atomic E-state index is 14.0. The monoisotopic (exact) mass is 488 g/mol. The third kappa shape index (κ3) is 4.94. The molecule has 1 saturated heterocycles. The standard InChI is InChI=1S/C21H12F8N4O/c22-14-6-16(15(23)4-11(14)8-31)33-19(34)17-5-12(18(32-17)21(27,28)29)9-1-2-10(7-30)13(3-9)20(24,25)26/h1-4,6,12,17-18,32H,5H2,(H,33,34)/t12?,17-,18+/m0/s1. The van der Waals surface area contributed by atoms with E-state index in [1.807, 2.05) is 10.6 Å². The van der Waals surface area contributed by atoms with Gasteiger partial charge in [0.05, 0.1) is 34.5 Å². The number of carbonyl (C=O) groups excluding carboxylic acids is 1. The van der Waals surface area contributed by atoms with E-state index in [2.05, 4.69) is 0 Å². The van der Waals surface area contributed by atoms with Crippen LogP contribution in [0.2, 0.25) is 0 Å². The van der Waals surface area contributed by atoms with Crippen molar-refractivity contribution < 1.29 is 39.9 Å². The average molecular weight is 488 g/mol. The van der Waals surface area contributed by atoms with Gasteiger partial charge >= 0.3 is 12.4 Å². The molecule has 2 N–H and O–H groups in total. The molecule has 1 amide bonds. The minimum absolute atomic E-state index is 0.410. The molecule has 2 aromatic carbocycles. The number of hydrogen-bond acceptors (Lipinski definition) is 4. The van der Waals surface area contributed by atoms with Crippen LogP contribution in [0.3, 0.4) is 0 Å². The molecular weight excluding hydrogens is 476 g/mol. The highest BCUT2D eigenvalue weighted by Crippen LogP contribution is 2.42. The minimum Gasteiger partial charge on any atom is -0.322 e. The largest absolute Gasteiger partial charge is 0.417 e. The molecule has 5 nitrogen and oxygen atoms in total. The normalized spacial score (nSPS) is 20.5. The lowest BCUT2D eigenvalue weighted by atomic mass is 9.88. The van der Waals surface area contributed by atoms with E-state index in [1.165, 1.54) is 12.1 Å². The van der Waals surface area contributed by atoms with Crippen molar-refractivity contribution in [3.63, 3.8) is 0 Å². The molecule has 0 spiro atoms. The molecule has 3 rings (SSSR count). The van der Waals surface area contributed by atoms with Crippen molar-refractivity contribution in [1.29, 1.82) is 10.5 Å². The smallest absolute Gasteiger partial charge is 0.322 e. The van der Waals surface area contributed by atoms with Gasteiger partial charge in [-0.2, -0.15) is 36.9 Å². The van der Waals surface area contributed by atoms with Gasteiger partial charge in [-0.3, -0.25) is 10.1 Å². The Kier molecular flexibility index (Phi) is 6.53. The van der Waals surface area contributed by atoms with Crippen LogP contribution >= 0.6 is 0 Å². The maximum Gasteiger partial charge on any atom is 0.417 e. The van der Waals surface area contributed by atoms with E-state index in [1.54, 1.807) is 0 Å². The number of rotatable bonds is 3. The Morgan fingerprint density at radius 1 is 0.971 bits per heavy atom. The molecule has 13 heteroatoms. The lowest BCUT2D eigenvalue weighted by molar-refractivity contribution is -0.156. The van der Waals surface area contributed by atoms with Crippen molar-refractivity contribution in [2.24, 2.45) is 0 Å². The van der Waals surface area contributed by atoms with Crippen LogP contribution in [0.15, 0.2) is 30.3 Å². The molecule has 3 atom stereocenters. The highest BCUT2D eigenvalue weighted by Gasteiger charge is 2.52. The highest BCUT2D eigenvalue weighted by atomic mass is 19.4. The fourth-order valence-corrected chi connectivity index (χ4v) is 3.70. The summed E-state index contributed by atoms with van der Waals surface area (Å²) in [7, 11) is 0. The van der Waals surface area contributed by atoms with Crippen LogP contribution in [0.4, 0.5) is 40.8 Å². The van der Waals surface area contributed by atoms with Crippen molar-refractivity contribution in [3.05, 3.63) is 64.2 Å². The Bertz CT molecular complexity index is 1210. The summed E-state index contributed by atoms with van der Waals surface area (Å²) in [6.07, 6.45) is -10.6. The van der Waals surface area contributed by atoms with Crippen molar-refractivity contribution in [2.75, 3.05) is 5.32 Å². The molecule has 1 aliphatic heterocycles. The number of halogens is 8. The van der Waals surface area contributed by atoms with Crippen LogP contribution in [0.25, 0.3) is 0 Å². The van der Waals surface area contributed by atoms with Gasteiger partial charge in [0.25, 0.3) is 0 Å². The zero-order chi connectivity index (χ0) is 25.4. The van der Waals surface area contributed by atoms with E-state index < -0.39 is 82.3 Å². The van der Waals surface area contributed by atoms with Crippen molar-refractivity contribution in [1.82, 2.24) is 5.32 Å². The second kappa shape index (κ2) is 8.91. The van der Waals surface area contributed by atoms with Gasteiger partial charge in [0.1, 0.15) is 23.7 Å². The molecule has 178 valence electrons. The van der Waals surface area contributed by atoms with E-state index >= 15 is 0 Å². The van der Waals surface area contributed by atoms with E-state index in [-0.39, 0.29) is 0 Å². The molecule has 0 saturated carbocycles. The van der Waals surface area contributed by atoms with Gasteiger partial charge < -0.3 is 5.32 Å². The van der Waals surface area contributed by atoms with E-state index in [4.69, 9.17) is 10.5 Å². The Morgan fingerprint density at radius 2 is 1.62 bits per heavy atom. The first-order chi connectivity index (χ1) is 15.8. The molecule has 1 heterocycles.